The quantitative estimate of drug-likeness (QED) is 0.655. The number of alkyl carbamates (subject to hydrolysis) is 1. The van der Waals surface area contributed by atoms with E-state index >= 15 is 0 Å². The van der Waals surface area contributed by atoms with E-state index in [2.05, 4.69) is 43.4 Å². The third kappa shape index (κ3) is 19.6. The minimum absolute atomic E-state index is 0. The van der Waals surface area contributed by atoms with E-state index < -0.39 is 0 Å². The van der Waals surface area contributed by atoms with Gasteiger partial charge in [-0.05, 0) is 32.3 Å². The fraction of sp³-hybridized carbons (Fsp3) is 0.611. The first-order chi connectivity index (χ1) is 8.26. The monoisotopic (exact) mass is 388 g/mol. The number of rotatable bonds is 1. The third-order valence-electron chi connectivity index (χ3n) is 2.07. The molecule has 0 aliphatic rings. The Bertz CT molecular complexity index is 346. The average molecular weight is 388 g/mol. The minimum Gasteiger partial charge on any atom is -0.444 e. The Morgan fingerprint density at radius 2 is 1.45 bits per heavy atom. The number of hydrogen-bond donors (Lipinski definition) is 1. The molecule has 1 aromatic rings. The van der Waals surface area contributed by atoms with Gasteiger partial charge in [-0.25, -0.2) is 4.79 Å². The minimum atomic E-state index is -0.389. The van der Waals surface area contributed by atoms with Crippen molar-refractivity contribution >= 4 is 6.09 Å². The number of nitrogens with one attached hydrogen (secondary N) is 1. The van der Waals surface area contributed by atoms with E-state index in [9.17, 15) is 4.79 Å². The van der Waals surface area contributed by atoms with Crippen LogP contribution in [0.15, 0.2) is 30.3 Å². The molecule has 0 unspecified atom stereocenters. The molecule has 1 radical (unpaired) electrons. The van der Waals surface area contributed by atoms with Crippen LogP contribution in [0.2, 0.25) is 0 Å². The summed E-state index contributed by atoms with van der Waals surface area (Å²) >= 11 is 0. The second-order valence-electron chi connectivity index (χ2n) is 5.32. The van der Waals surface area contributed by atoms with Crippen molar-refractivity contribution in [2.75, 3.05) is 7.05 Å². The molecule has 0 aliphatic carbocycles. The molecule has 129 valence electrons. The van der Waals surface area contributed by atoms with E-state index in [0.717, 1.165) is 0 Å². The number of carbonyl (C=O) groups is 1. The zero-order valence-corrected chi connectivity index (χ0v) is 15.7. The second kappa shape index (κ2) is 17.0. The van der Waals surface area contributed by atoms with Crippen molar-refractivity contribution in [2.24, 2.45) is 0 Å². The van der Waals surface area contributed by atoms with Crippen LogP contribution in [-0.4, -0.2) is 18.7 Å². The van der Waals surface area contributed by atoms with Gasteiger partial charge in [-0.2, -0.15) is 0 Å². The molecule has 0 aromatic heterocycles. The maximum absolute atomic E-state index is 10.5. The van der Waals surface area contributed by atoms with Crippen molar-refractivity contribution in [3.8, 4) is 0 Å². The smallest absolute Gasteiger partial charge is 0.407 e. The molecule has 1 rings (SSSR count). The van der Waals surface area contributed by atoms with E-state index in [0.29, 0.717) is 5.92 Å². The van der Waals surface area contributed by atoms with Crippen LogP contribution in [-0.2, 0) is 37.4 Å². The molecule has 0 aliphatic heterocycles. The summed E-state index contributed by atoms with van der Waals surface area (Å²) in [5.74, 6) is 0.659. The van der Waals surface area contributed by atoms with E-state index in [1.165, 1.54) is 12.6 Å². The predicted molar refractivity (Wildman–Crippen MR) is 96.0 cm³/mol. The summed E-state index contributed by atoms with van der Waals surface area (Å²) in [6.45, 7) is 9.87. The Morgan fingerprint density at radius 3 is 1.64 bits per heavy atom. The Hall–Kier alpha value is -0.406. The molecular weight excluding hydrogens is 351 g/mol. The summed E-state index contributed by atoms with van der Waals surface area (Å²) in [5.41, 5.74) is 1.03. The van der Waals surface area contributed by atoms with Crippen LogP contribution in [0.25, 0.3) is 0 Å². The number of amides is 1. The van der Waals surface area contributed by atoms with Crippen molar-refractivity contribution in [1.82, 2.24) is 5.32 Å². The molecule has 0 fully saturated rings. The number of carbonyl (C=O) groups excluding carboxylic acids is 1. The molecule has 0 saturated carbocycles. The molecular formula is C18H37NO2Y. The SMILES string of the molecule is C.C.C.CC(C)c1ccccc1.CNC(=O)OC(C)(C)C.[Y]. The van der Waals surface area contributed by atoms with Gasteiger partial charge in [-0.1, -0.05) is 66.5 Å². The number of ether oxygens (including phenoxy) is 1. The summed E-state index contributed by atoms with van der Waals surface area (Å²) in [6.07, 6.45) is -0.387. The van der Waals surface area contributed by atoms with Crippen LogP contribution in [0, 0.1) is 0 Å². The fourth-order valence-electron chi connectivity index (χ4n) is 1.17. The van der Waals surface area contributed by atoms with Gasteiger partial charge >= 0.3 is 6.09 Å². The molecule has 0 saturated heterocycles. The summed E-state index contributed by atoms with van der Waals surface area (Å²) in [5, 5.41) is 2.36. The summed E-state index contributed by atoms with van der Waals surface area (Å²) in [4.78, 5) is 10.5. The maximum Gasteiger partial charge on any atom is 0.407 e. The zero-order valence-electron chi connectivity index (χ0n) is 12.9. The second-order valence-corrected chi connectivity index (χ2v) is 5.32. The molecule has 4 heteroatoms. The summed E-state index contributed by atoms with van der Waals surface area (Å²) < 4.78 is 4.84. The molecule has 0 spiro atoms. The topological polar surface area (TPSA) is 38.3 Å². The molecule has 1 aromatic carbocycles. The maximum atomic E-state index is 10.5. The fourth-order valence-corrected chi connectivity index (χ4v) is 1.17. The standard InChI is InChI=1S/C9H12.C6H13NO2.3CH4.Y/c1-8(2)9-6-4-3-5-7-9;1-6(2,3)9-5(8)7-4;;;;/h3-8H,1-2H3;1-4H3,(H,7,8);3*1H4;. The molecule has 22 heavy (non-hydrogen) atoms. The van der Waals surface area contributed by atoms with Gasteiger partial charge in [0.15, 0.2) is 0 Å². The number of hydrogen-bond acceptors (Lipinski definition) is 2. The van der Waals surface area contributed by atoms with Crippen LogP contribution in [0.4, 0.5) is 4.79 Å². The van der Waals surface area contributed by atoms with Gasteiger partial charge in [0.25, 0.3) is 0 Å². The molecule has 1 N–H and O–H groups in total. The summed E-state index contributed by atoms with van der Waals surface area (Å²) in [7, 11) is 1.54. The molecule has 1 amide bonds. The van der Waals surface area contributed by atoms with E-state index in [1.807, 2.05) is 26.8 Å². The normalized spacial score (nSPS) is 8.50. The van der Waals surface area contributed by atoms with Crippen LogP contribution in [0.1, 0.15) is 68.4 Å². The molecule has 0 atom stereocenters. The van der Waals surface area contributed by atoms with Gasteiger partial charge in [0.05, 0.1) is 0 Å². The molecule has 3 nitrogen and oxygen atoms in total. The zero-order chi connectivity index (χ0) is 14.2. The largest absolute Gasteiger partial charge is 0.444 e. The van der Waals surface area contributed by atoms with E-state index in [4.69, 9.17) is 4.74 Å². The van der Waals surface area contributed by atoms with Crippen molar-refractivity contribution < 1.29 is 42.2 Å². The first-order valence-electron chi connectivity index (χ1n) is 6.22. The Kier molecular flexibility index (Phi) is 25.6. The van der Waals surface area contributed by atoms with Gasteiger partial charge in [0, 0.05) is 39.8 Å². The van der Waals surface area contributed by atoms with Gasteiger partial charge in [0.2, 0.25) is 0 Å². The first kappa shape index (κ1) is 33.3. The van der Waals surface area contributed by atoms with E-state index in [-0.39, 0.29) is 66.7 Å². The summed E-state index contributed by atoms with van der Waals surface area (Å²) in [6, 6.07) is 10.5. The van der Waals surface area contributed by atoms with Crippen molar-refractivity contribution in [2.45, 2.75) is 68.4 Å². The number of benzene rings is 1. The molecule has 0 heterocycles. The predicted octanol–water partition coefficient (Wildman–Crippen LogP) is 5.86. The van der Waals surface area contributed by atoms with Crippen molar-refractivity contribution in [1.29, 1.82) is 0 Å². The van der Waals surface area contributed by atoms with Crippen LogP contribution in [0.3, 0.4) is 0 Å². The Balaban J connectivity index is -0.0000000741. The van der Waals surface area contributed by atoms with Crippen molar-refractivity contribution in [3.05, 3.63) is 35.9 Å². The van der Waals surface area contributed by atoms with E-state index in [1.54, 1.807) is 0 Å². The van der Waals surface area contributed by atoms with Gasteiger partial charge < -0.3 is 10.1 Å². The van der Waals surface area contributed by atoms with Gasteiger partial charge in [0.1, 0.15) is 5.60 Å². The Labute approximate surface area is 164 Å². The van der Waals surface area contributed by atoms with Crippen molar-refractivity contribution in [3.63, 3.8) is 0 Å². The third-order valence-corrected chi connectivity index (χ3v) is 2.07. The average Bonchev–Trinajstić information content (AvgIpc) is 2.28. The van der Waals surface area contributed by atoms with Crippen LogP contribution >= 0.6 is 0 Å². The molecule has 0 bridgehead atoms. The van der Waals surface area contributed by atoms with Gasteiger partial charge in [-0.3, -0.25) is 0 Å². The first-order valence-corrected chi connectivity index (χ1v) is 6.22. The van der Waals surface area contributed by atoms with Gasteiger partial charge in [-0.15, -0.1) is 0 Å². The Morgan fingerprint density at radius 1 is 1.05 bits per heavy atom. The van der Waals surface area contributed by atoms with Crippen LogP contribution in [0.5, 0.6) is 0 Å². The van der Waals surface area contributed by atoms with Crippen LogP contribution < -0.4 is 5.32 Å².